The summed E-state index contributed by atoms with van der Waals surface area (Å²) in [5.74, 6) is 4.95. The standard InChI is InChI=1S/C14H9BrN2O/c15-13-8-7-12(10-16-13)17-14(18)9-6-11-4-2-1-3-5-11/h1-5,7-8,10H,(H,17,18). The predicted octanol–water partition coefficient (Wildman–Crippen LogP) is 2.83. The number of benzene rings is 1. The summed E-state index contributed by atoms with van der Waals surface area (Å²) in [4.78, 5) is 15.6. The first-order valence-electron chi connectivity index (χ1n) is 5.23. The molecule has 88 valence electrons. The van der Waals surface area contributed by atoms with Crippen LogP contribution in [0.25, 0.3) is 0 Å². The van der Waals surface area contributed by atoms with Crippen LogP contribution >= 0.6 is 15.9 Å². The fourth-order valence-electron chi connectivity index (χ4n) is 1.26. The Balaban J connectivity index is 2.01. The quantitative estimate of drug-likeness (QED) is 0.650. The average Bonchev–Trinajstić information content (AvgIpc) is 2.40. The van der Waals surface area contributed by atoms with Crippen LogP contribution in [0.1, 0.15) is 5.56 Å². The first kappa shape index (κ1) is 12.3. The van der Waals surface area contributed by atoms with Gasteiger partial charge in [0.1, 0.15) is 4.60 Å². The molecule has 2 aromatic rings. The van der Waals surface area contributed by atoms with Gasteiger partial charge in [0.05, 0.1) is 11.9 Å². The summed E-state index contributed by atoms with van der Waals surface area (Å²) < 4.78 is 0.718. The lowest BCUT2D eigenvalue weighted by Gasteiger charge is -1.99. The Bertz CT molecular complexity index is 597. The van der Waals surface area contributed by atoms with E-state index in [1.165, 1.54) is 0 Å². The Labute approximate surface area is 113 Å². The van der Waals surface area contributed by atoms with Gasteiger partial charge in [-0.15, -0.1) is 0 Å². The van der Waals surface area contributed by atoms with Crippen molar-refractivity contribution >= 4 is 27.5 Å². The van der Waals surface area contributed by atoms with Crippen LogP contribution in [0.5, 0.6) is 0 Å². The summed E-state index contributed by atoms with van der Waals surface area (Å²) in [6, 6.07) is 12.8. The van der Waals surface area contributed by atoms with E-state index in [0.29, 0.717) is 5.69 Å². The summed E-state index contributed by atoms with van der Waals surface area (Å²) >= 11 is 3.22. The number of anilines is 1. The van der Waals surface area contributed by atoms with Crippen molar-refractivity contribution in [3.63, 3.8) is 0 Å². The molecule has 1 aromatic heterocycles. The number of aromatic nitrogens is 1. The van der Waals surface area contributed by atoms with E-state index in [0.717, 1.165) is 10.2 Å². The molecule has 0 aliphatic rings. The molecule has 0 unspecified atom stereocenters. The molecule has 1 heterocycles. The van der Waals surface area contributed by atoms with E-state index in [9.17, 15) is 4.79 Å². The highest BCUT2D eigenvalue weighted by Gasteiger charge is 1.97. The van der Waals surface area contributed by atoms with E-state index >= 15 is 0 Å². The predicted molar refractivity (Wildman–Crippen MR) is 73.9 cm³/mol. The number of hydrogen-bond donors (Lipinski definition) is 1. The van der Waals surface area contributed by atoms with Gasteiger partial charge in [0.15, 0.2) is 0 Å². The van der Waals surface area contributed by atoms with E-state index in [4.69, 9.17) is 0 Å². The molecule has 2 rings (SSSR count). The molecule has 0 bridgehead atoms. The third kappa shape index (κ3) is 3.72. The SMILES string of the molecule is O=C(C#Cc1ccccc1)Nc1ccc(Br)nc1. The zero-order chi connectivity index (χ0) is 12.8. The maximum absolute atomic E-state index is 11.5. The maximum atomic E-state index is 11.5. The number of amides is 1. The Morgan fingerprint density at radius 2 is 1.94 bits per heavy atom. The molecule has 4 heteroatoms. The van der Waals surface area contributed by atoms with Crippen LogP contribution in [0, 0.1) is 11.8 Å². The van der Waals surface area contributed by atoms with Crippen molar-refractivity contribution < 1.29 is 4.79 Å². The van der Waals surface area contributed by atoms with Gasteiger partial charge in [0, 0.05) is 11.5 Å². The minimum absolute atomic E-state index is 0.358. The molecule has 0 saturated heterocycles. The molecule has 3 nitrogen and oxygen atoms in total. The van der Waals surface area contributed by atoms with E-state index in [-0.39, 0.29) is 5.91 Å². The third-order valence-corrected chi connectivity index (χ3v) is 2.55. The van der Waals surface area contributed by atoms with Crippen molar-refractivity contribution in [3.05, 3.63) is 58.8 Å². The largest absolute Gasteiger partial charge is 0.314 e. The monoisotopic (exact) mass is 300 g/mol. The fraction of sp³-hybridized carbons (Fsp3) is 0. The second-order valence-electron chi connectivity index (χ2n) is 3.44. The lowest BCUT2D eigenvalue weighted by atomic mass is 10.2. The van der Waals surface area contributed by atoms with Crippen LogP contribution in [0.2, 0.25) is 0 Å². The normalized spacial score (nSPS) is 9.17. The molecule has 0 saturated carbocycles. The lowest BCUT2D eigenvalue weighted by Crippen LogP contribution is -2.08. The van der Waals surface area contributed by atoms with Gasteiger partial charge in [-0.2, -0.15) is 0 Å². The highest BCUT2D eigenvalue weighted by atomic mass is 79.9. The molecule has 0 aliphatic heterocycles. The molecule has 0 fully saturated rings. The van der Waals surface area contributed by atoms with Crippen molar-refractivity contribution in [3.8, 4) is 11.8 Å². The Morgan fingerprint density at radius 3 is 2.61 bits per heavy atom. The van der Waals surface area contributed by atoms with Crippen molar-refractivity contribution in [2.45, 2.75) is 0 Å². The number of nitrogens with zero attached hydrogens (tertiary/aromatic N) is 1. The van der Waals surface area contributed by atoms with Crippen molar-refractivity contribution in [1.82, 2.24) is 4.98 Å². The second-order valence-corrected chi connectivity index (χ2v) is 4.25. The number of hydrogen-bond acceptors (Lipinski definition) is 2. The van der Waals surface area contributed by atoms with Crippen molar-refractivity contribution in [2.75, 3.05) is 5.32 Å². The van der Waals surface area contributed by atoms with Crippen molar-refractivity contribution in [2.24, 2.45) is 0 Å². The van der Waals surface area contributed by atoms with Crippen LogP contribution in [0.4, 0.5) is 5.69 Å². The molecular weight excluding hydrogens is 292 g/mol. The first-order chi connectivity index (χ1) is 8.74. The van der Waals surface area contributed by atoms with Gasteiger partial charge in [-0.25, -0.2) is 4.98 Å². The molecule has 0 spiro atoms. The van der Waals surface area contributed by atoms with Gasteiger partial charge in [0.2, 0.25) is 0 Å². The van der Waals surface area contributed by atoms with Crippen LogP contribution in [-0.4, -0.2) is 10.9 Å². The third-order valence-electron chi connectivity index (χ3n) is 2.08. The lowest BCUT2D eigenvalue weighted by molar-refractivity contribution is -0.111. The number of carbonyl (C=O) groups is 1. The van der Waals surface area contributed by atoms with E-state index in [1.807, 2.05) is 30.3 Å². The minimum Gasteiger partial charge on any atom is -0.314 e. The van der Waals surface area contributed by atoms with Crippen LogP contribution in [-0.2, 0) is 4.79 Å². The van der Waals surface area contributed by atoms with Crippen LogP contribution in [0.15, 0.2) is 53.3 Å². The highest BCUT2D eigenvalue weighted by molar-refractivity contribution is 9.10. The zero-order valence-corrected chi connectivity index (χ0v) is 10.9. The molecule has 0 atom stereocenters. The first-order valence-corrected chi connectivity index (χ1v) is 6.03. The summed E-state index contributed by atoms with van der Waals surface area (Å²) in [5.41, 5.74) is 1.42. The molecule has 18 heavy (non-hydrogen) atoms. The summed E-state index contributed by atoms with van der Waals surface area (Å²) in [5, 5.41) is 2.64. The van der Waals surface area contributed by atoms with Crippen LogP contribution < -0.4 is 5.32 Å². The highest BCUT2D eigenvalue weighted by Crippen LogP contribution is 2.09. The van der Waals surface area contributed by atoms with E-state index < -0.39 is 0 Å². The van der Waals surface area contributed by atoms with Gasteiger partial charge in [0.25, 0.3) is 0 Å². The maximum Gasteiger partial charge on any atom is 0.300 e. The molecule has 0 aliphatic carbocycles. The number of rotatable bonds is 1. The molecule has 0 radical (unpaired) electrons. The zero-order valence-electron chi connectivity index (χ0n) is 9.35. The molecule has 1 N–H and O–H groups in total. The molecular formula is C14H9BrN2O. The number of nitrogens with one attached hydrogen (secondary N) is 1. The molecule has 1 amide bonds. The summed E-state index contributed by atoms with van der Waals surface area (Å²) in [6.07, 6.45) is 1.56. The van der Waals surface area contributed by atoms with Gasteiger partial charge in [-0.1, -0.05) is 24.1 Å². The smallest absolute Gasteiger partial charge is 0.300 e. The second kappa shape index (κ2) is 5.99. The van der Waals surface area contributed by atoms with E-state index in [2.05, 4.69) is 38.1 Å². The van der Waals surface area contributed by atoms with Gasteiger partial charge >= 0.3 is 5.91 Å². The Hall–Kier alpha value is -2.12. The molecule has 1 aromatic carbocycles. The van der Waals surface area contributed by atoms with E-state index in [1.54, 1.807) is 18.3 Å². The fourth-order valence-corrected chi connectivity index (χ4v) is 1.50. The van der Waals surface area contributed by atoms with Gasteiger partial charge < -0.3 is 5.32 Å². The van der Waals surface area contributed by atoms with Gasteiger partial charge in [-0.05, 0) is 40.2 Å². The minimum atomic E-state index is -0.358. The average molecular weight is 301 g/mol. The Kier molecular flexibility index (Phi) is 4.11. The number of carbonyl (C=O) groups excluding carboxylic acids is 1. The number of pyridine rings is 1. The number of halogens is 1. The Morgan fingerprint density at radius 1 is 1.17 bits per heavy atom. The summed E-state index contributed by atoms with van der Waals surface area (Å²) in [7, 11) is 0. The topological polar surface area (TPSA) is 42.0 Å². The van der Waals surface area contributed by atoms with Gasteiger partial charge in [-0.3, -0.25) is 4.79 Å². The van der Waals surface area contributed by atoms with Crippen LogP contribution in [0.3, 0.4) is 0 Å². The van der Waals surface area contributed by atoms with Crippen molar-refractivity contribution in [1.29, 1.82) is 0 Å². The summed E-state index contributed by atoms with van der Waals surface area (Å²) in [6.45, 7) is 0.